The molecule has 1 aromatic heterocycles. The first-order valence-electron chi connectivity index (χ1n) is 5.98. The van der Waals surface area contributed by atoms with Gasteiger partial charge in [-0.05, 0) is 64.8 Å². The van der Waals surface area contributed by atoms with Crippen molar-refractivity contribution in [3.05, 3.63) is 28.5 Å². The van der Waals surface area contributed by atoms with Crippen LogP contribution in [-0.4, -0.2) is 18.1 Å². The molecule has 0 radical (unpaired) electrons. The molecule has 0 spiro atoms. The molecule has 2 rings (SSSR count). The molecule has 2 atom stereocenters. The predicted molar refractivity (Wildman–Crippen MR) is 70.5 cm³/mol. The highest BCUT2D eigenvalue weighted by atomic mass is 79.9. The van der Waals surface area contributed by atoms with Crippen LogP contribution in [0.25, 0.3) is 0 Å². The highest BCUT2D eigenvalue weighted by molar-refractivity contribution is 9.10. The second kappa shape index (κ2) is 5.28. The topological polar surface area (TPSA) is 24.9 Å². The second-order valence-corrected chi connectivity index (χ2v) is 6.01. The van der Waals surface area contributed by atoms with Gasteiger partial charge in [-0.3, -0.25) is 4.98 Å². The molecule has 1 N–H and O–H groups in total. The van der Waals surface area contributed by atoms with E-state index in [0.717, 1.165) is 35.3 Å². The maximum atomic E-state index is 4.22. The Bertz CT molecular complexity index is 352. The third kappa shape index (κ3) is 3.29. The van der Waals surface area contributed by atoms with Gasteiger partial charge in [-0.15, -0.1) is 0 Å². The van der Waals surface area contributed by atoms with Crippen molar-refractivity contribution in [1.29, 1.82) is 0 Å². The highest BCUT2D eigenvalue weighted by Gasteiger charge is 2.37. The third-order valence-electron chi connectivity index (χ3n) is 3.04. The summed E-state index contributed by atoms with van der Waals surface area (Å²) in [6, 6.07) is 2.19. The van der Waals surface area contributed by atoms with Gasteiger partial charge in [-0.1, -0.05) is 13.8 Å². The zero-order valence-corrected chi connectivity index (χ0v) is 11.5. The van der Waals surface area contributed by atoms with Crippen molar-refractivity contribution in [3.63, 3.8) is 0 Å². The molecule has 3 heteroatoms. The number of aromatic nitrogens is 1. The molecule has 0 amide bonds. The van der Waals surface area contributed by atoms with E-state index in [2.05, 4.69) is 46.1 Å². The minimum Gasteiger partial charge on any atom is -0.316 e. The monoisotopic (exact) mass is 282 g/mol. The van der Waals surface area contributed by atoms with Gasteiger partial charge in [0, 0.05) is 16.9 Å². The van der Waals surface area contributed by atoms with Gasteiger partial charge in [0.25, 0.3) is 0 Å². The van der Waals surface area contributed by atoms with Crippen molar-refractivity contribution in [2.45, 2.75) is 26.2 Å². The lowest BCUT2D eigenvalue weighted by molar-refractivity contribution is 0.532. The van der Waals surface area contributed by atoms with Gasteiger partial charge in [-0.25, -0.2) is 0 Å². The quantitative estimate of drug-likeness (QED) is 0.897. The molecule has 0 bridgehead atoms. The Kier molecular flexibility index (Phi) is 3.98. The van der Waals surface area contributed by atoms with Crippen LogP contribution in [0.2, 0.25) is 0 Å². The molecule has 2 unspecified atom stereocenters. The van der Waals surface area contributed by atoms with Gasteiger partial charge in [0.15, 0.2) is 0 Å². The number of halogens is 1. The molecule has 1 fully saturated rings. The molecule has 1 aliphatic rings. The Morgan fingerprint density at radius 1 is 1.50 bits per heavy atom. The van der Waals surface area contributed by atoms with Crippen LogP contribution >= 0.6 is 15.9 Å². The molecular formula is C13H19BrN2. The fourth-order valence-corrected chi connectivity index (χ4v) is 2.45. The Morgan fingerprint density at radius 2 is 2.31 bits per heavy atom. The molecule has 1 aromatic rings. The van der Waals surface area contributed by atoms with Gasteiger partial charge in [0.2, 0.25) is 0 Å². The van der Waals surface area contributed by atoms with E-state index in [-0.39, 0.29) is 0 Å². The summed E-state index contributed by atoms with van der Waals surface area (Å²) in [4.78, 5) is 4.22. The molecule has 1 aliphatic carbocycles. The summed E-state index contributed by atoms with van der Waals surface area (Å²) < 4.78 is 1.09. The van der Waals surface area contributed by atoms with E-state index in [1.54, 1.807) is 0 Å². The predicted octanol–water partition coefficient (Wildman–Crippen LogP) is 3.19. The first kappa shape index (κ1) is 12.1. The normalized spacial score (nSPS) is 23.8. The summed E-state index contributed by atoms with van der Waals surface area (Å²) in [5.74, 6) is 2.28. The van der Waals surface area contributed by atoms with Crippen molar-refractivity contribution in [2.75, 3.05) is 13.1 Å². The van der Waals surface area contributed by atoms with Gasteiger partial charge in [0.05, 0.1) is 0 Å². The van der Waals surface area contributed by atoms with E-state index < -0.39 is 0 Å². The van der Waals surface area contributed by atoms with Crippen LogP contribution in [0.3, 0.4) is 0 Å². The second-order valence-electron chi connectivity index (χ2n) is 5.09. The third-order valence-corrected chi connectivity index (χ3v) is 3.47. The lowest BCUT2D eigenvalue weighted by Gasteiger charge is -2.06. The van der Waals surface area contributed by atoms with E-state index in [1.165, 1.54) is 12.0 Å². The molecule has 0 aliphatic heterocycles. The van der Waals surface area contributed by atoms with Crippen LogP contribution in [0.4, 0.5) is 0 Å². The van der Waals surface area contributed by atoms with Crippen LogP contribution in [0, 0.1) is 11.8 Å². The average Bonchev–Trinajstić information content (AvgIpc) is 2.97. The maximum absolute atomic E-state index is 4.22. The minimum absolute atomic E-state index is 0.727. The lowest BCUT2D eigenvalue weighted by atomic mass is 10.1. The van der Waals surface area contributed by atoms with E-state index in [4.69, 9.17) is 0 Å². The van der Waals surface area contributed by atoms with Crippen molar-refractivity contribution in [2.24, 2.45) is 11.8 Å². The number of rotatable bonds is 5. The van der Waals surface area contributed by atoms with Gasteiger partial charge < -0.3 is 5.32 Å². The SMILES string of the molecule is CC(C)CNCC1CC1c1cncc(Br)c1. The molecule has 0 aromatic carbocycles. The van der Waals surface area contributed by atoms with Crippen LogP contribution in [0.1, 0.15) is 31.7 Å². The number of pyridine rings is 1. The maximum Gasteiger partial charge on any atom is 0.0410 e. The molecule has 2 nitrogen and oxygen atoms in total. The summed E-state index contributed by atoms with van der Waals surface area (Å²) >= 11 is 3.47. The first-order chi connectivity index (χ1) is 7.66. The number of nitrogens with zero attached hydrogens (tertiary/aromatic N) is 1. The van der Waals surface area contributed by atoms with Crippen molar-refractivity contribution in [3.8, 4) is 0 Å². The summed E-state index contributed by atoms with van der Waals surface area (Å²) in [5.41, 5.74) is 1.38. The molecule has 0 saturated heterocycles. The van der Waals surface area contributed by atoms with Crippen LogP contribution in [-0.2, 0) is 0 Å². The largest absolute Gasteiger partial charge is 0.316 e. The fraction of sp³-hybridized carbons (Fsp3) is 0.615. The van der Waals surface area contributed by atoms with E-state index >= 15 is 0 Å². The molecule has 1 saturated carbocycles. The Balaban J connectivity index is 1.78. The Labute approximate surface area is 106 Å². The Morgan fingerprint density at radius 3 is 3.00 bits per heavy atom. The average molecular weight is 283 g/mol. The standard InChI is InChI=1S/C13H19BrN2/c1-9(2)5-15-7-11-4-13(11)10-3-12(14)8-16-6-10/h3,6,8-9,11,13,15H,4-5,7H2,1-2H3. The lowest BCUT2D eigenvalue weighted by Crippen LogP contribution is -2.22. The fourth-order valence-electron chi connectivity index (χ4n) is 2.07. The highest BCUT2D eigenvalue weighted by Crippen LogP contribution is 2.47. The summed E-state index contributed by atoms with van der Waals surface area (Å²) in [6.07, 6.45) is 5.15. The van der Waals surface area contributed by atoms with Crippen molar-refractivity contribution >= 4 is 15.9 Å². The van der Waals surface area contributed by atoms with E-state index in [1.807, 2.05) is 12.4 Å². The molecular weight excluding hydrogens is 264 g/mol. The molecule has 16 heavy (non-hydrogen) atoms. The molecule has 88 valence electrons. The van der Waals surface area contributed by atoms with Crippen LogP contribution < -0.4 is 5.32 Å². The van der Waals surface area contributed by atoms with Gasteiger partial charge in [-0.2, -0.15) is 0 Å². The number of hydrogen-bond donors (Lipinski definition) is 1. The van der Waals surface area contributed by atoms with Crippen LogP contribution in [0.5, 0.6) is 0 Å². The zero-order valence-electron chi connectivity index (χ0n) is 9.91. The summed E-state index contributed by atoms with van der Waals surface area (Å²) in [7, 11) is 0. The van der Waals surface area contributed by atoms with Crippen LogP contribution in [0.15, 0.2) is 22.9 Å². The zero-order chi connectivity index (χ0) is 11.5. The van der Waals surface area contributed by atoms with E-state index in [0.29, 0.717) is 0 Å². The number of hydrogen-bond acceptors (Lipinski definition) is 2. The smallest absolute Gasteiger partial charge is 0.0410 e. The minimum atomic E-state index is 0.727. The summed E-state index contributed by atoms with van der Waals surface area (Å²) in [6.45, 7) is 6.76. The Hall–Kier alpha value is -0.410. The van der Waals surface area contributed by atoms with Gasteiger partial charge >= 0.3 is 0 Å². The summed E-state index contributed by atoms with van der Waals surface area (Å²) in [5, 5.41) is 3.53. The van der Waals surface area contributed by atoms with Crippen molar-refractivity contribution in [1.82, 2.24) is 10.3 Å². The number of nitrogens with one attached hydrogen (secondary N) is 1. The van der Waals surface area contributed by atoms with E-state index in [9.17, 15) is 0 Å². The molecule has 1 heterocycles. The first-order valence-corrected chi connectivity index (χ1v) is 6.77. The van der Waals surface area contributed by atoms with Gasteiger partial charge in [0.1, 0.15) is 0 Å². The van der Waals surface area contributed by atoms with Crippen molar-refractivity contribution < 1.29 is 0 Å².